The summed E-state index contributed by atoms with van der Waals surface area (Å²) in [6.07, 6.45) is 5.19. The lowest BCUT2D eigenvalue weighted by Gasteiger charge is -2.11. The van der Waals surface area contributed by atoms with E-state index in [1.165, 1.54) is 6.20 Å². The van der Waals surface area contributed by atoms with Crippen LogP contribution in [0.15, 0.2) is 85.3 Å². The van der Waals surface area contributed by atoms with Crippen LogP contribution in [0.25, 0.3) is 11.1 Å². The molecule has 2 aromatic heterocycles. The number of nitrogens with one attached hydrogen (secondary N) is 1. The fourth-order valence-corrected chi connectivity index (χ4v) is 3.05. The number of hydrogen-bond acceptors (Lipinski definition) is 3. The molecule has 138 valence electrons. The van der Waals surface area contributed by atoms with E-state index in [1.54, 1.807) is 24.4 Å². The summed E-state index contributed by atoms with van der Waals surface area (Å²) in [5, 5.41) is 7.56. The van der Waals surface area contributed by atoms with E-state index < -0.39 is 0 Å². The van der Waals surface area contributed by atoms with Gasteiger partial charge in [-0.25, -0.2) is 4.98 Å². The third-order valence-electron chi connectivity index (χ3n) is 4.31. The van der Waals surface area contributed by atoms with Crippen molar-refractivity contribution in [3.05, 3.63) is 101 Å². The highest BCUT2D eigenvalue weighted by Crippen LogP contribution is 2.25. The number of halogens is 1. The second-order valence-electron chi connectivity index (χ2n) is 6.26. The van der Waals surface area contributed by atoms with E-state index in [4.69, 9.17) is 11.6 Å². The van der Waals surface area contributed by atoms with Crippen LogP contribution in [0.4, 0.5) is 5.82 Å². The lowest BCUT2D eigenvalue weighted by atomic mass is 9.98. The average molecular weight is 389 g/mol. The summed E-state index contributed by atoms with van der Waals surface area (Å²) < 4.78 is 1.87. The highest BCUT2D eigenvalue weighted by atomic mass is 35.5. The predicted octanol–water partition coefficient (Wildman–Crippen LogP) is 4.90. The van der Waals surface area contributed by atoms with Crippen LogP contribution in [0.5, 0.6) is 0 Å². The standard InChI is InChI=1S/C22H17ClN4O/c23-18-10-11-21(24-14-18)26-22(28)20-5-2-1-4-19(20)17-8-6-16(7-9-17)15-27-13-3-12-25-27/h1-14H,15H2,(H,24,26,28). The van der Waals surface area contributed by atoms with Gasteiger partial charge >= 0.3 is 0 Å². The average Bonchev–Trinajstić information content (AvgIpc) is 3.23. The van der Waals surface area contributed by atoms with Crippen LogP contribution in [0.3, 0.4) is 0 Å². The summed E-state index contributed by atoms with van der Waals surface area (Å²) in [6.45, 7) is 0.706. The van der Waals surface area contributed by atoms with Gasteiger partial charge in [0.25, 0.3) is 5.91 Å². The Morgan fingerprint density at radius 3 is 2.54 bits per heavy atom. The van der Waals surface area contributed by atoms with Crippen LogP contribution < -0.4 is 5.32 Å². The molecule has 28 heavy (non-hydrogen) atoms. The van der Waals surface area contributed by atoms with Crippen molar-refractivity contribution in [3.8, 4) is 11.1 Å². The van der Waals surface area contributed by atoms with E-state index in [1.807, 2.05) is 59.4 Å². The second-order valence-corrected chi connectivity index (χ2v) is 6.70. The van der Waals surface area contributed by atoms with Crippen LogP contribution in [0.1, 0.15) is 15.9 Å². The topological polar surface area (TPSA) is 59.8 Å². The largest absolute Gasteiger partial charge is 0.307 e. The summed E-state index contributed by atoms with van der Waals surface area (Å²) in [4.78, 5) is 16.9. The highest BCUT2D eigenvalue weighted by molar-refractivity contribution is 6.30. The number of aromatic nitrogens is 3. The summed E-state index contributed by atoms with van der Waals surface area (Å²) in [5.41, 5.74) is 3.55. The monoisotopic (exact) mass is 388 g/mol. The number of carbonyl (C=O) groups excluding carboxylic acids is 1. The van der Waals surface area contributed by atoms with Gasteiger partial charge in [-0.05, 0) is 41.0 Å². The molecule has 2 aromatic carbocycles. The van der Waals surface area contributed by atoms with Gasteiger partial charge in [0.2, 0.25) is 0 Å². The SMILES string of the molecule is O=C(Nc1ccc(Cl)cn1)c1ccccc1-c1ccc(Cn2cccn2)cc1. The molecule has 2 heterocycles. The number of amides is 1. The number of benzene rings is 2. The van der Waals surface area contributed by atoms with E-state index in [2.05, 4.69) is 15.4 Å². The summed E-state index contributed by atoms with van der Waals surface area (Å²) in [7, 11) is 0. The Bertz CT molecular complexity index is 1070. The van der Waals surface area contributed by atoms with E-state index in [0.29, 0.717) is 22.9 Å². The maximum absolute atomic E-state index is 12.8. The highest BCUT2D eigenvalue weighted by Gasteiger charge is 2.13. The molecule has 0 spiro atoms. The Morgan fingerprint density at radius 2 is 1.82 bits per heavy atom. The molecule has 1 N–H and O–H groups in total. The van der Waals surface area contributed by atoms with Gasteiger partial charge in [-0.2, -0.15) is 5.10 Å². The first-order valence-electron chi connectivity index (χ1n) is 8.78. The lowest BCUT2D eigenvalue weighted by molar-refractivity contribution is 0.102. The summed E-state index contributed by atoms with van der Waals surface area (Å²) in [6, 6.07) is 20.9. The number of pyridine rings is 1. The van der Waals surface area contributed by atoms with E-state index in [0.717, 1.165) is 16.7 Å². The molecule has 5 nitrogen and oxygen atoms in total. The summed E-state index contributed by atoms with van der Waals surface area (Å²) in [5.74, 6) is 0.241. The Labute approximate surface area is 167 Å². The third kappa shape index (κ3) is 4.10. The molecule has 0 aliphatic heterocycles. The zero-order valence-electron chi connectivity index (χ0n) is 14.9. The minimum absolute atomic E-state index is 0.217. The Balaban J connectivity index is 1.56. The fraction of sp³-hybridized carbons (Fsp3) is 0.0455. The molecule has 1 amide bonds. The molecule has 0 aliphatic carbocycles. The van der Waals surface area contributed by atoms with Crippen molar-refractivity contribution in [2.75, 3.05) is 5.32 Å². The molecule has 0 radical (unpaired) electrons. The van der Waals surface area contributed by atoms with Crippen molar-refractivity contribution in [2.24, 2.45) is 0 Å². The molecule has 0 saturated heterocycles. The van der Waals surface area contributed by atoms with E-state index >= 15 is 0 Å². The first-order valence-corrected chi connectivity index (χ1v) is 9.15. The van der Waals surface area contributed by atoms with Gasteiger partial charge in [0.15, 0.2) is 0 Å². The number of nitrogens with zero attached hydrogens (tertiary/aromatic N) is 3. The molecule has 0 saturated carbocycles. The van der Waals surface area contributed by atoms with Gasteiger partial charge in [0.1, 0.15) is 5.82 Å². The van der Waals surface area contributed by atoms with Crippen molar-refractivity contribution in [2.45, 2.75) is 6.54 Å². The van der Waals surface area contributed by atoms with Crippen LogP contribution >= 0.6 is 11.6 Å². The maximum Gasteiger partial charge on any atom is 0.257 e. The first-order chi connectivity index (χ1) is 13.7. The molecule has 4 rings (SSSR count). The van der Waals surface area contributed by atoms with Gasteiger partial charge in [0, 0.05) is 24.2 Å². The van der Waals surface area contributed by atoms with E-state index in [-0.39, 0.29) is 5.91 Å². The van der Waals surface area contributed by atoms with Crippen LogP contribution in [-0.2, 0) is 6.54 Å². The van der Waals surface area contributed by atoms with Gasteiger partial charge in [-0.3, -0.25) is 9.48 Å². The Kier molecular flexibility index (Phi) is 5.17. The van der Waals surface area contributed by atoms with Crippen molar-refractivity contribution in [3.63, 3.8) is 0 Å². The van der Waals surface area contributed by atoms with Gasteiger partial charge in [0.05, 0.1) is 11.6 Å². The van der Waals surface area contributed by atoms with Gasteiger partial charge < -0.3 is 5.32 Å². The molecule has 4 aromatic rings. The molecule has 0 aliphatic rings. The number of hydrogen-bond donors (Lipinski definition) is 1. The molecule has 0 unspecified atom stereocenters. The van der Waals surface area contributed by atoms with Crippen molar-refractivity contribution < 1.29 is 4.79 Å². The van der Waals surface area contributed by atoms with Crippen molar-refractivity contribution in [1.29, 1.82) is 0 Å². The zero-order chi connectivity index (χ0) is 19.3. The van der Waals surface area contributed by atoms with Crippen LogP contribution in [0.2, 0.25) is 5.02 Å². The molecule has 6 heteroatoms. The quantitative estimate of drug-likeness (QED) is 0.529. The molecule has 0 bridgehead atoms. The van der Waals surface area contributed by atoms with Crippen LogP contribution in [0, 0.1) is 0 Å². The number of carbonyl (C=O) groups is 1. The number of rotatable bonds is 5. The van der Waals surface area contributed by atoms with Gasteiger partial charge in [-0.1, -0.05) is 54.1 Å². The predicted molar refractivity (Wildman–Crippen MR) is 110 cm³/mol. The van der Waals surface area contributed by atoms with Crippen molar-refractivity contribution in [1.82, 2.24) is 14.8 Å². The van der Waals surface area contributed by atoms with Crippen molar-refractivity contribution >= 4 is 23.3 Å². The Hall–Kier alpha value is -3.44. The van der Waals surface area contributed by atoms with E-state index in [9.17, 15) is 4.79 Å². The smallest absolute Gasteiger partial charge is 0.257 e. The second kappa shape index (κ2) is 8.06. The Morgan fingerprint density at radius 1 is 1.00 bits per heavy atom. The lowest BCUT2D eigenvalue weighted by Crippen LogP contribution is -2.14. The molecule has 0 fully saturated rings. The normalized spacial score (nSPS) is 10.6. The first kappa shape index (κ1) is 17.9. The minimum Gasteiger partial charge on any atom is -0.307 e. The number of anilines is 1. The minimum atomic E-state index is -0.217. The third-order valence-corrected chi connectivity index (χ3v) is 4.53. The maximum atomic E-state index is 12.8. The zero-order valence-corrected chi connectivity index (χ0v) is 15.7. The fourth-order valence-electron chi connectivity index (χ4n) is 2.94. The van der Waals surface area contributed by atoms with Gasteiger partial charge in [-0.15, -0.1) is 0 Å². The molecule has 0 atom stereocenters. The summed E-state index contributed by atoms with van der Waals surface area (Å²) >= 11 is 5.85. The molecular formula is C22H17ClN4O. The van der Waals surface area contributed by atoms with Crippen LogP contribution in [-0.4, -0.2) is 20.7 Å². The molecular weight excluding hydrogens is 372 g/mol.